The van der Waals surface area contributed by atoms with E-state index in [1.54, 1.807) is 0 Å². The van der Waals surface area contributed by atoms with Crippen molar-refractivity contribution in [3.63, 3.8) is 0 Å². The number of aromatic hydroxyl groups is 1. The summed E-state index contributed by atoms with van der Waals surface area (Å²) in [5.74, 6) is 1.85. The lowest BCUT2D eigenvalue weighted by Crippen LogP contribution is -2.33. The zero-order valence-corrected chi connectivity index (χ0v) is 23.8. The predicted octanol–water partition coefficient (Wildman–Crippen LogP) is 5.29. The van der Waals surface area contributed by atoms with Crippen LogP contribution in [0.25, 0.3) is 21.5 Å². The molecule has 2 aliphatic rings. The Morgan fingerprint density at radius 3 is 1.62 bits per heavy atom. The molecule has 6 rings (SSSR count). The predicted molar refractivity (Wildman–Crippen MR) is 160 cm³/mol. The number of phenolic OH excluding ortho intramolecular Hbond substituents is 1. The summed E-state index contributed by atoms with van der Waals surface area (Å²) in [6.45, 7) is 8.82. The maximum absolute atomic E-state index is 11.5. The van der Waals surface area contributed by atoms with Gasteiger partial charge in [-0.05, 0) is 40.6 Å². The van der Waals surface area contributed by atoms with Gasteiger partial charge in [-0.1, -0.05) is 48.5 Å². The lowest BCUT2D eigenvalue weighted by Gasteiger charge is -2.26. The van der Waals surface area contributed by atoms with Crippen molar-refractivity contribution in [3.8, 4) is 23.0 Å². The summed E-state index contributed by atoms with van der Waals surface area (Å²) in [5.41, 5.74) is 0.916. The van der Waals surface area contributed by atoms with E-state index in [2.05, 4.69) is 19.1 Å². The Kier molecular flexibility index (Phi) is 8.95. The monoisotopic (exact) mass is 573 g/mol. The standard InChI is InChI=1S/C34H37O8/c1-34-22-28-26-8-4-2-6-24(26)20-30(32(28)35)40-18-16-38-14-12-36-10-11-37-13-15-39-17-19-41-31-21-25-7-3-5-9-27(25)29(23-34)33(31)42-34/h2-9,20-21,35H,1,10-19,22-23H2. The van der Waals surface area contributed by atoms with Crippen molar-refractivity contribution >= 4 is 21.5 Å². The van der Waals surface area contributed by atoms with Crippen LogP contribution in [0.1, 0.15) is 11.1 Å². The van der Waals surface area contributed by atoms with Crippen LogP contribution in [0.2, 0.25) is 0 Å². The lowest BCUT2D eigenvalue weighted by molar-refractivity contribution is -0.00717. The van der Waals surface area contributed by atoms with Crippen LogP contribution in [0.4, 0.5) is 0 Å². The van der Waals surface area contributed by atoms with E-state index >= 15 is 0 Å². The van der Waals surface area contributed by atoms with Gasteiger partial charge in [0.05, 0.1) is 52.9 Å². The van der Waals surface area contributed by atoms with Crippen LogP contribution in [0, 0.1) is 6.92 Å². The SMILES string of the molecule is [CH2]C12Cc3c(O)c(cc4ccccc34)OCCOCCOCCOCCOCCOc3cc4ccccc4c(c3O1)C2. The number of hydrogen-bond acceptors (Lipinski definition) is 8. The number of fused-ring (bicyclic) bond motifs is 7. The number of rotatable bonds is 0. The summed E-state index contributed by atoms with van der Waals surface area (Å²) in [4.78, 5) is 0. The average molecular weight is 574 g/mol. The molecule has 4 bridgehead atoms. The normalized spacial score (nSPS) is 21.2. The molecule has 2 heterocycles. The van der Waals surface area contributed by atoms with E-state index in [1.807, 2.05) is 48.5 Å². The first-order valence-electron chi connectivity index (χ1n) is 14.5. The fourth-order valence-electron chi connectivity index (χ4n) is 5.62. The van der Waals surface area contributed by atoms with Gasteiger partial charge in [0.25, 0.3) is 0 Å². The summed E-state index contributed by atoms with van der Waals surface area (Å²) in [6.07, 6.45) is 0.929. The van der Waals surface area contributed by atoms with Gasteiger partial charge in [0.1, 0.15) is 18.8 Å². The third kappa shape index (κ3) is 6.42. The van der Waals surface area contributed by atoms with Crippen molar-refractivity contribution in [3.05, 3.63) is 78.7 Å². The highest BCUT2D eigenvalue weighted by Crippen LogP contribution is 2.48. The van der Waals surface area contributed by atoms with Crippen LogP contribution in [0.15, 0.2) is 60.7 Å². The highest BCUT2D eigenvalue weighted by molar-refractivity contribution is 5.92. The molecule has 8 heteroatoms. The molecular weight excluding hydrogens is 536 g/mol. The van der Waals surface area contributed by atoms with Gasteiger partial charge in [0.15, 0.2) is 23.0 Å². The lowest BCUT2D eigenvalue weighted by atomic mass is 9.87. The molecule has 1 unspecified atom stereocenters. The Bertz CT molecular complexity index is 1520. The Hall–Kier alpha value is -3.56. The van der Waals surface area contributed by atoms with Gasteiger partial charge in [-0.2, -0.15) is 0 Å². The molecule has 1 radical (unpaired) electrons. The summed E-state index contributed by atoms with van der Waals surface area (Å²) >= 11 is 0. The Morgan fingerprint density at radius 2 is 1.02 bits per heavy atom. The quantitative estimate of drug-likeness (QED) is 0.304. The van der Waals surface area contributed by atoms with Crippen LogP contribution < -0.4 is 14.2 Å². The van der Waals surface area contributed by atoms with Gasteiger partial charge in [0, 0.05) is 24.0 Å². The molecule has 8 nitrogen and oxygen atoms in total. The van der Waals surface area contributed by atoms with Crippen molar-refractivity contribution in [1.29, 1.82) is 0 Å². The van der Waals surface area contributed by atoms with Gasteiger partial charge in [-0.25, -0.2) is 0 Å². The molecule has 0 saturated carbocycles. The van der Waals surface area contributed by atoms with Crippen molar-refractivity contribution in [1.82, 2.24) is 0 Å². The van der Waals surface area contributed by atoms with Crippen molar-refractivity contribution in [2.75, 3.05) is 66.1 Å². The summed E-state index contributed by atoms with van der Waals surface area (Å²) in [5, 5.41) is 15.5. The van der Waals surface area contributed by atoms with Crippen molar-refractivity contribution < 1.29 is 38.3 Å². The van der Waals surface area contributed by atoms with Gasteiger partial charge in [-0.3, -0.25) is 0 Å². The number of ether oxygens (including phenoxy) is 7. The zero-order chi connectivity index (χ0) is 28.8. The molecular formula is C34H37O8. The van der Waals surface area contributed by atoms with Crippen LogP contribution in [-0.2, 0) is 31.8 Å². The minimum Gasteiger partial charge on any atom is -0.504 e. The second kappa shape index (κ2) is 13.2. The first-order chi connectivity index (χ1) is 20.6. The summed E-state index contributed by atoms with van der Waals surface area (Å²) < 4.78 is 41.3. The molecule has 4 aromatic carbocycles. The third-order valence-electron chi connectivity index (χ3n) is 7.57. The van der Waals surface area contributed by atoms with E-state index in [1.165, 1.54) is 0 Å². The van der Waals surface area contributed by atoms with Gasteiger partial charge in [-0.15, -0.1) is 0 Å². The molecule has 1 N–H and O–H groups in total. The molecule has 0 saturated heterocycles. The second-order valence-electron chi connectivity index (χ2n) is 10.6. The molecule has 0 fully saturated rings. The van der Waals surface area contributed by atoms with Crippen molar-refractivity contribution in [2.24, 2.45) is 0 Å². The first-order valence-corrected chi connectivity index (χ1v) is 14.5. The second-order valence-corrected chi connectivity index (χ2v) is 10.6. The smallest absolute Gasteiger partial charge is 0.166 e. The Balaban J connectivity index is 1.31. The van der Waals surface area contributed by atoms with Crippen LogP contribution in [-0.4, -0.2) is 76.8 Å². The first kappa shape index (κ1) is 28.6. The molecule has 0 aromatic heterocycles. The fourth-order valence-corrected chi connectivity index (χ4v) is 5.62. The van der Waals surface area contributed by atoms with E-state index in [0.29, 0.717) is 96.2 Å². The van der Waals surface area contributed by atoms with Gasteiger partial charge < -0.3 is 38.3 Å². The maximum atomic E-state index is 11.5. The van der Waals surface area contributed by atoms with Crippen molar-refractivity contribution in [2.45, 2.75) is 18.4 Å². The van der Waals surface area contributed by atoms with E-state index in [0.717, 1.165) is 32.7 Å². The van der Waals surface area contributed by atoms with Crippen LogP contribution in [0.5, 0.6) is 23.0 Å². The van der Waals surface area contributed by atoms with E-state index in [-0.39, 0.29) is 5.75 Å². The van der Waals surface area contributed by atoms with Gasteiger partial charge in [0.2, 0.25) is 0 Å². The molecule has 2 aliphatic heterocycles. The topological polar surface area (TPSA) is 84.8 Å². The fraction of sp³-hybridized carbons (Fsp3) is 0.382. The summed E-state index contributed by atoms with van der Waals surface area (Å²) in [6, 6.07) is 20.0. The molecule has 0 aliphatic carbocycles. The van der Waals surface area contributed by atoms with Crippen LogP contribution >= 0.6 is 0 Å². The number of benzene rings is 4. The van der Waals surface area contributed by atoms with E-state index < -0.39 is 5.60 Å². The Labute approximate surface area is 246 Å². The van der Waals surface area contributed by atoms with E-state index in [4.69, 9.17) is 33.2 Å². The maximum Gasteiger partial charge on any atom is 0.166 e. The van der Waals surface area contributed by atoms with Crippen LogP contribution in [0.3, 0.4) is 0 Å². The van der Waals surface area contributed by atoms with E-state index in [9.17, 15) is 5.11 Å². The summed E-state index contributed by atoms with van der Waals surface area (Å²) in [7, 11) is 0. The average Bonchev–Trinajstić information content (AvgIpc) is 3.36. The molecule has 0 amide bonds. The molecule has 0 spiro atoms. The third-order valence-corrected chi connectivity index (χ3v) is 7.57. The number of phenols is 1. The highest BCUT2D eigenvalue weighted by atomic mass is 16.6. The largest absolute Gasteiger partial charge is 0.504 e. The highest BCUT2D eigenvalue weighted by Gasteiger charge is 2.39. The Morgan fingerprint density at radius 1 is 0.571 bits per heavy atom. The molecule has 4 aromatic rings. The van der Waals surface area contributed by atoms with Gasteiger partial charge >= 0.3 is 0 Å². The number of hydrogen-bond donors (Lipinski definition) is 1. The molecule has 42 heavy (non-hydrogen) atoms. The minimum absolute atomic E-state index is 0.0903. The minimum atomic E-state index is -0.867. The zero-order valence-electron chi connectivity index (χ0n) is 23.8. The molecule has 221 valence electrons. The molecule has 1 atom stereocenters.